The molecule has 1 atom stereocenters. The summed E-state index contributed by atoms with van der Waals surface area (Å²) in [4.78, 5) is 15.6. The first kappa shape index (κ1) is 15.8. The molecule has 2 aromatic carbocycles. The molecule has 0 aliphatic heterocycles. The molecule has 25 heavy (non-hydrogen) atoms. The molecule has 1 aliphatic carbocycles. The molecular formula is C21H23N3O. The summed E-state index contributed by atoms with van der Waals surface area (Å²) >= 11 is 0. The van der Waals surface area contributed by atoms with E-state index in [2.05, 4.69) is 52.9 Å². The highest BCUT2D eigenvalue weighted by atomic mass is 16.2. The van der Waals surface area contributed by atoms with Gasteiger partial charge in [-0.15, -0.1) is 0 Å². The van der Waals surface area contributed by atoms with Gasteiger partial charge in [0.05, 0.1) is 0 Å². The Bertz CT molecular complexity index is 898. The molecule has 1 aromatic heterocycles. The maximum Gasteiger partial charge on any atom is 0.315 e. The minimum absolute atomic E-state index is 0.0772. The average molecular weight is 333 g/mol. The molecule has 1 heterocycles. The van der Waals surface area contributed by atoms with Gasteiger partial charge in [0.1, 0.15) is 0 Å². The molecule has 4 nitrogen and oxygen atoms in total. The molecule has 0 spiro atoms. The van der Waals surface area contributed by atoms with Crippen molar-refractivity contribution in [2.24, 2.45) is 0 Å². The normalized spacial score (nSPS) is 16.0. The van der Waals surface area contributed by atoms with Crippen molar-refractivity contribution >= 4 is 16.9 Å². The molecule has 0 bridgehead atoms. The van der Waals surface area contributed by atoms with Gasteiger partial charge in [-0.05, 0) is 43.0 Å². The van der Waals surface area contributed by atoms with Gasteiger partial charge < -0.3 is 15.6 Å². The Balaban J connectivity index is 1.31. The summed E-state index contributed by atoms with van der Waals surface area (Å²) in [5.41, 5.74) is 6.31. The molecule has 4 rings (SSSR count). The first-order valence-electron chi connectivity index (χ1n) is 8.87. The third kappa shape index (κ3) is 3.38. The van der Waals surface area contributed by atoms with Crippen molar-refractivity contribution in [3.05, 3.63) is 70.9 Å². The third-order valence-corrected chi connectivity index (χ3v) is 4.93. The van der Waals surface area contributed by atoms with E-state index < -0.39 is 0 Å². The number of amides is 2. The zero-order chi connectivity index (χ0) is 17.2. The number of carbonyl (C=O) groups excluding carboxylic acids is 1. The monoisotopic (exact) mass is 333 g/mol. The van der Waals surface area contributed by atoms with Crippen LogP contribution in [-0.2, 0) is 19.3 Å². The van der Waals surface area contributed by atoms with Crippen LogP contribution in [0.2, 0.25) is 0 Å². The molecule has 2 amide bonds. The van der Waals surface area contributed by atoms with Crippen molar-refractivity contribution in [2.45, 2.75) is 32.2 Å². The van der Waals surface area contributed by atoms with Crippen LogP contribution in [0.5, 0.6) is 0 Å². The van der Waals surface area contributed by atoms with Crippen molar-refractivity contribution in [1.82, 2.24) is 15.6 Å². The number of urea groups is 1. The molecule has 0 fully saturated rings. The lowest BCUT2D eigenvalue weighted by Gasteiger charge is -2.13. The van der Waals surface area contributed by atoms with Crippen LogP contribution in [0, 0.1) is 6.92 Å². The van der Waals surface area contributed by atoms with E-state index in [1.165, 1.54) is 33.3 Å². The van der Waals surface area contributed by atoms with Crippen molar-refractivity contribution in [2.75, 3.05) is 6.54 Å². The number of fused-ring (bicyclic) bond motifs is 3. The van der Waals surface area contributed by atoms with Gasteiger partial charge in [0.2, 0.25) is 0 Å². The zero-order valence-electron chi connectivity index (χ0n) is 14.4. The summed E-state index contributed by atoms with van der Waals surface area (Å²) in [6.07, 6.45) is 2.61. The average Bonchev–Trinajstić information content (AvgIpc) is 3.13. The molecule has 3 N–H and O–H groups in total. The van der Waals surface area contributed by atoms with Crippen molar-refractivity contribution in [3.63, 3.8) is 0 Å². The number of aromatic nitrogens is 1. The molecule has 0 saturated carbocycles. The SMILES string of the molecule is Cc1ccc2[nH]c3c(c2c1)CC(NC(=O)NCCc1ccccc1)C3. The second kappa shape index (κ2) is 6.63. The number of aryl methyl sites for hydroxylation is 1. The summed E-state index contributed by atoms with van der Waals surface area (Å²) < 4.78 is 0. The second-order valence-corrected chi connectivity index (χ2v) is 6.87. The molecule has 0 saturated heterocycles. The lowest BCUT2D eigenvalue weighted by Crippen LogP contribution is -2.43. The third-order valence-electron chi connectivity index (χ3n) is 4.93. The number of nitrogens with one attached hydrogen (secondary N) is 3. The van der Waals surface area contributed by atoms with E-state index in [9.17, 15) is 4.79 Å². The highest BCUT2D eigenvalue weighted by Gasteiger charge is 2.26. The number of carbonyl (C=O) groups is 1. The molecule has 3 aromatic rings. The fraction of sp³-hybridized carbons (Fsp3) is 0.286. The Morgan fingerprint density at radius 3 is 2.84 bits per heavy atom. The Labute approximate surface area is 147 Å². The largest absolute Gasteiger partial charge is 0.358 e. The van der Waals surface area contributed by atoms with E-state index in [0.717, 1.165) is 19.3 Å². The van der Waals surface area contributed by atoms with Gasteiger partial charge >= 0.3 is 6.03 Å². The predicted molar refractivity (Wildman–Crippen MR) is 101 cm³/mol. The van der Waals surface area contributed by atoms with Crippen LogP contribution in [0.25, 0.3) is 10.9 Å². The van der Waals surface area contributed by atoms with Gasteiger partial charge in [0, 0.05) is 35.6 Å². The van der Waals surface area contributed by atoms with E-state index in [0.29, 0.717) is 6.54 Å². The lowest BCUT2D eigenvalue weighted by molar-refractivity contribution is 0.237. The number of hydrogen-bond donors (Lipinski definition) is 3. The van der Waals surface area contributed by atoms with Crippen molar-refractivity contribution in [3.8, 4) is 0 Å². The quantitative estimate of drug-likeness (QED) is 0.672. The molecule has 128 valence electrons. The Hall–Kier alpha value is -2.75. The maximum atomic E-state index is 12.1. The van der Waals surface area contributed by atoms with Crippen molar-refractivity contribution in [1.29, 1.82) is 0 Å². The van der Waals surface area contributed by atoms with Crippen LogP contribution in [0.15, 0.2) is 48.5 Å². The van der Waals surface area contributed by atoms with E-state index >= 15 is 0 Å². The van der Waals surface area contributed by atoms with Crippen LogP contribution < -0.4 is 10.6 Å². The Morgan fingerprint density at radius 1 is 1.16 bits per heavy atom. The zero-order valence-corrected chi connectivity index (χ0v) is 14.4. The van der Waals surface area contributed by atoms with Crippen LogP contribution >= 0.6 is 0 Å². The summed E-state index contributed by atoms with van der Waals surface area (Å²) in [5, 5.41) is 7.37. The number of benzene rings is 2. The van der Waals surface area contributed by atoms with Crippen LogP contribution in [0.3, 0.4) is 0 Å². The van der Waals surface area contributed by atoms with Crippen LogP contribution in [0.1, 0.15) is 22.4 Å². The summed E-state index contributed by atoms with van der Waals surface area (Å²) in [6, 6.07) is 16.8. The van der Waals surface area contributed by atoms with Gasteiger partial charge in [-0.3, -0.25) is 0 Å². The van der Waals surface area contributed by atoms with Crippen LogP contribution in [0.4, 0.5) is 4.79 Å². The van der Waals surface area contributed by atoms with Crippen molar-refractivity contribution < 1.29 is 4.79 Å². The van der Waals surface area contributed by atoms with Gasteiger partial charge in [0.15, 0.2) is 0 Å². The predicted octanol–water partition coefficient (Wildman–Crippen LogP) is 3.49. The number of rotatable bonds is 4. The smallest absolute Gasteiger partial charge is 0.315 e. The summed E-state index contributed by atoms with van der Waals surface area (Å²) in [5.74, 6) is 0. The second-order valence-electron chi connectivity index (χ2n) is 6.87. The Morgan fingerprint density at radius 2 is 2.00 bits per heavy atom. The maximum absolute atomic E-state index is 12.1. The van der Waals surface area contributed by atoms with E-state index in [-0.39, 0.29) is 12.1 Å². The van der Waals surface area contributed by atoms with E-state index in [1.54, 1.807) is 0 Å². The molecule has 4 heteroatoms. The molecule has 1 aliphatic rings. The number of aromatic amines is 1. The number of hydrogen-bond acceptors (Lipinski definition) is 1. The highest BCUT2D eigenvalue weighted by molar-refractivity contribution is 5.86. The first-order valence-corrected chi connectivity index (χ1v) is 8.87. The minimum Gasteiger partial charge on any atom is -0.358 e. The lowest BCUT2D eigenvalue weighted by atomic mass is 10.1. The molecule has 1 unspecified atom stereocenters. The van der Waals surface area contributed by atoms with Gasteiger partial charge in [0.25, 0.3) is 0 Å². The standard InChI is InChI=1S/C21H23N3O/c1-14-7-8-19-17(11-14)18-12-16(13-20(18)24-19)23-21(25)22-10-9-15-5-3-2-4-6-15/h2-8,11,16,24H,9-10,12-13H2,1H3,(H2,22,23,25). The van der Waals surface area contributed by atoms with Gasteiger partial charge in [-0.1, -0.05) is 42.0 Å². The fourth-order valence-corrected chi connectivity index (χ4v) is 3.69. The Kier molecular flexibility index (Phi) is 4.18. The summed E-state index contributed by atoms with van der Waals surface area (Å²) in [7, 11) is 0. The van der Waals surface area contributed by atoms with Gasteiger partial charge in [-0.2, -0.15) is 0 Å². The topological polar surface area (TPSA) is 56.9 Å². The first-order chi connectivity index (χ1) is 12.2. The van der Waals surface area contributed by atoms with Gasteiger partial charge in [-0.25, -0.2) is 4.79 Å². The number of H-pyrrole nitrogens is 1. The molecule has 0 radical (unpaired) electrons. The summed E-state index contributed by atoms with van der Waals surface area (Å²) in [6.45, 7) is 2.76. The van der Waals surface area contributed by atoms with Crippen LogP contribution in [-0.4, -0.2) is 23.6 Å². The fourth-order valence-electron chi connectivity index (χ4n) is 3.69. The highest BCUT2D eigenvalue weighted by Crippen LogP contribution is 2.30. The molecular weight excluding hydrogens is 310 g/mol. The van der Waals surface area contributed by atoms with E-state index in [1.807, 2.05) is 18.2 Å². The van der Waals surface area contributed by atoms with E-state index in [4.69, 9.17) is 0 Å². The minimum atomic E-state index is -0.0772.